The highest BCUT2D eigenvalue weighted by Crippen LogP contribution is 2.61. The third-order valence-electron chi connectivity index (χ3n) is 23.4. The first-order valence-electron chi connectivity index (χ1n) is 38.5. The van der Waals surface area contributed by atoms with Crippen LogP contribution >= 0.6 is 0 Å². The average Bonchev–Trinajstić information content (AvgIpc) is 1.58. The molecule has 0 aliphatic heterocycles. The second-order valence-corrected chi connectivity index (χ2v) is 33.5. The molecule has 3 aliphatic rings. The topological polar surface area (TPSA) is 0 Å². The van der Waals surface area contributed by atoms with Crippen molar-refractivity contribution in [2.24, 2.45) is 34.5 Å². The van der Waals surface area contributed by atoms with Gasteiger partial charge in [0.25, 0.3) is 0 Å². The van der Waals surface area contributed by atoms with Crippen molar-refractivity contribution in [3.8, 4) is 55.6 Å². The number of benzene rings is 6. The maximum atomic E-state index is 2.79. The third kappa shape index (κ3) is 16.2. The number of unbranched alkanes of at least 4 members (excludes halogenated alkanes) is 12. The lowest BCUT2D eigenvalue weighted by Crippen LogP contribution is -2.31. The molecule has 494 valence electrons. The first-order chi connectivity index (χ1) is 43.7. The van der Waals surface area contributed by atoms with E-state index in [0.29, 0.717) is 34.5 Å². The van der Waals surface area contributed by atoms with Crippen LogP contribution < -0.4 is 0 Å². The number of aryl methyl sites for hydroxylation is 2. The van der Waals surface area contributed by atoms with Gasteiger partial charge in [-0.2, -0.15) is 0 Å². The normalized spacial score (nSPS) is 18.3. The highest BCUT2D eigenvalue weighted by molar-refractivity contribution is 5.90. The molecule has 91 heavy (non-hydrogen) atoms. The van der Waals surface area contributed by atoms with Crippen LogP contribution in [0.5, 0.6) is 0 Å². The molecule has 0 amide bonds. The van der Waals surface area contributed by atoms with E-state index in [1.165, 1.54) is 259 Å². The van der Waals surface area contributed by atoms with Gasteiger partial charge in [-0.15, -0.1) is 0 Å². The molecule has 6 aromatic rings. The summed E-state index contributed by atoms with van der Waals surface area (Å²) < 4.78 is 0. The van der Waals surface area contributed by atoms with Crippen molar-refractivity contribution in [3.05, 3.63) is 154 Å². The Bertz CT molecular complexity index is 3240. The Labute approximate surface area is 560 Å². The summed E-state index contributed by atoms with van der Waals surface area (Å²) in [4.78, 5) is 0. The van der Waals surface area contributed by atoms with Crippen LogP contribution in [0.3, 0.4) is 0 Å². The monoisotopic (exact) mass is 1220 g/mol. The van der Waals surface area contributed by atoms with Gasteiger partial charge in [0.15, 0.2) is 0 Å². The lowest BCUT2D eigenvalue weighted by molar-refractivity contribution is 0.257. The molecule has 0 heteroatoms. The van der Waals surface area contributed by atoms with Crippen molar-refractivity contribution in [1.29, 1.82) is 0 Å². The zero-order valence-electron chi connectivity index (χ0n) is 61.4. The molecule has 0 saturated carbocycles. The summed E-state index contributed by atoms with van der Waals surface area (Å²) in [6.07, 6.45) is 38.7. The second-order valence-electron chi connectivity index (χ2n) is 33.5. The second kappa shape index (κ2) is 31.3. The number of fused-ring (bicyclic) bond motifs is 9. The SMILES string of the molecule is CCCCCCCCC1(CCCCCCCC)c2cc(C)ccc2-c2ccc(-c3ccc4c(c3)C(CC(CC)CCCC)(CC(CC)CCCC)c3cc(-c5ccc6c(c5)C(CCC(C)CC(C)(C)C)(CCC(C)CC(C)(C)C)c5cc(C)ccc5-6)ccc3-4)cc21. The first kappa shape index (κ1) is 70.6. The molecular weight excluding hydrogens is 1090 g/mol. The van der Waals surface area contributed by atoms with Gasteiger partial charge in [0, 0.05) is 16.2 Å². The van der Waals surface area contributed by atoms with E-state index in [2.05, 4.69) is 220 Å². The van der Waals surface area contributed by atoms with Crippen LogP contribution in [-0.2, 0) is 16.2 Å². The van der Waals surface area contributed by atoms with Crippen molar-refractivity contribution in [2.45, 2.75) is 320 Å². The van der Waals surface area contributed by atoms with Gasteiger partial charge < -0.3 is 0 Å². The Kier molecular flexibility index (Phi) is 24.3. The zero-order chi connectivity index (χ0) is 65.1. The van der Waals surface area contributed by atoms with Gasteiger partial charge in [0.2, 0.25) is 0 Å². The number of hydrogen-bond acceptors (Lipinski definition) is 0. The van der Waals surface area contributed by atoms with Crippen molar-refractivity contribution < 1.29 is 0 Å². The summed E-state index contributed by atoms with van der Waals surface area (Å²) in [6.45, 7) is 39.0. The molecule has 0 saturated heterocycles. The molecule has 4 atom stereocenters. The lowest BCUT2D eigenvalue weighted by Gasteiger charge is -2.39. The molecule has 3 aliphatic carbocycles. The van der Waals surface area contributed by atoms with Crippen LogP contribution in [0.25, 0.3) is 55.6 Å². The maximum Gasteiger partial charge on any atom is 0.0220 e. The number of rotatable bonds is 36. The summed E-state index contributed by atoms with van der Waals surface area (Å²) in [5.74, 6) is 2.63. The minimum atomic E-state index is -0.0933. The van der Waals surface area contributed by atoms with Gasteiger partial charge in [-0.3, -0.25) is 0 Å². The quantitative estimate of drug-likeness (QED) is 0.0344. The van der Waals surface area contributed by atoms with Gasteiger partial charge in [-0.05, 0) is 226 Å². The lowest BCUT2D eigenvalue weighted by atomic mass is 9.64. The molecule has 0 radical (unpaired) electrons. The van der Waals surface area contributed by atoms with Crippen LogP contribution in [0.1, 0.15) is 334 Å². The Morgan fingerprint density at radius 1 is 0.308 bits per heavy atom. The smallest absolute Gasteiger partial charge is 0.0220 e. The highest BCUT2D eigenvalue weighted by atomic mass is 14.5. The van der Waals surface area contributed by atoms with Gasteiger partial charge >= 0.3 is 0 Å². The summed E-state index contributed by atoms with van der Waals surface area (Å²) in [7, 11) is 0. The minimum Gasteiger partial charge on any atom is -0.0654 e. The van der Waals surface area contributed by atoms with Gasteiger partial charge in [-0.25, -0.2) is 0 Å². The Hall–Kier alpha value is -4.68. The summed E-state index contributed by atoms with van der Waals surface area (Å²) >= 11 is 0. The van der Waals surface area contributed by atoms with Gasteiger partial charge in [0.1, 0.15) is 0 Å². The summed E-state index contributed by atoms with van der Waals surface area (Å²) in [6, 6.07) is 46.6. The fourth-order valence-electron chi connectivity index (χ4n) is 18.8. The van der Waals surface area contributed by atoms with E-state index in [1.54, 1.807) is 33.4 Å². The zero-order valence-corrected chi connectivity index (χ0v) is 61.4. The predicted molar refractivity (Wildman–Crippen MR) is 402 cm³/mol. The highest BCUT2D eigenvalue weighted by Gasteiger charge is 2.48. The molecule has 0 heterocycles. The van der Waals surface area contributed by atoms with Crippen molar-refractivity contribution in [2.75, 3.05) is 0 Å². The van der Waals surface area contributed by atoms with Crippen molar-refractivity contribution >= 4 is 0 Å². The van der Waals surface area contributed by atoms with E-state index >= 15 is 0 Å². The fourth-order valence-corrected chi connectivity index (χ4v) is 18.8. The predicted octanol–water partition coefficient (Wildman–Crippen LogP) is 28.9. The molecule has 0 N–H and O–H groups in total. The molecule has 9 rings (SSSR count). The van der Waals surface area contributed by atoms with E-state index < -0.39 is 0 Å². The average molecular weight is 1220 g/mol. The van der Waals surface area contributed by atoms with Crippen LogP contribution in [0.2, 0.25) is 0 Å². The molecule has 0 bridgehead atoms. The van der Waals surface area contributed by atoms with E-state index in [4.69, 9.17) is 0 Å². The Balaban J connectivity index is 1.20. The molecule has 0 spiro atoms. The molecular formula is C91H130. The van der Waals surface area contributed by atoms with Gasteiger partial charge in [0.05, 0.1) is 0 Å². The Morgan fingerprint density at radius 2 is 0.593 bits per heavy atom. The van der Waals surface area contributed by atoms with Crippen molar-refractivity contribution in [1.82, 2.24) is 0 Å². The van der Waals surface area contributed by atoms with E-state index in [0.717, 1.165) is 0 Å². The molecule has 0 aromatic heterocycles. The minimum absolute atomic E-state index is 0.0270. The van der Waals surface area contributed by atoms with Crippen LogP contribution in [-0.4, -0.2) is 0 Å². The molecule has 0 fully saturated rings. The molecule has 0 nitrogen and oxygen atoms in total. The maximum absolute atomic E-state index is 2.79. The summed E-state index contributed by atoms with van der Waals surface area (Å²) in [5.41, 5.74) is 27.7. The van der Waals surface area contributed by atoms with E-state index in [1.807, 2.05) is 0 Å². The Morgan fingerprint density at radius 3 is 0.912 bits per heavy atom. The van der Waals surface area contributed by atoms with E-state index in [9.17, 15) is 0 Å². The fraction of sp³-hybridized carbons (Fsp3) is 0.604. The largest absolute Gasteiger partial charge is 0.0654 e. The molecule has 6 aromatic carbocycles. The first-order valence-corrected chi connectivity index (χ1v) is 38.5. The number of hydrogen-bond donors (Lipinski definition) is 0. The van der Waals surface area contributed by atoms with Crippen LogP contribution in [0.4, 0.5) is 0 Å². The van der Waals surface area contributed by atoms with Crippen LogP contribution in [0, 0.1) is 48.3 Å². The van der Waals surface area contributed by atoms with Crippen LogP contribution in [0.15, 0.2) is 109 Å². The van der Waals surface area contributed by atoms with Gasteiger partial charge in [-0.1, -0.05) is 321 Å². The third-order valence-corrected chi connectivity index (χ3v) is 23.4. The van der Waals surface area contributed by atoms with E-state index in [-0.39, 0.29) is 16.2 Å². The summed E-state index contributed by atoms with van der Waals surface area (Å²) in [5, 5.41) is 0. The molecule has 4 unspecified atom stereocenters. The van der Waals surface area contributed by atoms with Crippen molar-refractivity contribution in [3.63, 3.8) is 0 Å². The standard InChI is InChI=1S/C91H130/c1-17-23-27-29-31-33-51-89(52-34-32-30-28-24-18-2)81-55-65(7)37-43-75(81)77-45-39-71(57-83(77)89)73-41-47-79-80-48-42-74(60-86(80)91(85(79)59-73,63-69(21-5)35-25-19-3)64-70(22-6)36-26-20-4)72-40-46-78-76-44-38-66(8)56-82(76)90(84(78)58-72,53-49-67(9)61-87(11,12)13)54-50-68(10)62-88(14,15)16/h37-48,55-60,67-70H,17-36,49-54,61-64H2,1-16H3.